The predicted octanol–water partition coefficient (Wildman–Crippen LogP) is 3.21. The average Bonchev–Trinajstić information content (AvgIpc) is 2.93. The third-order valence-electron chi connectivity index (χ3n) is 3.56. The van der Waals surface area contributed by atoms with Crippen molar-refractivity contribution in [3.63, 3.8) is 0 Å². The Morgan fingerprint density at radius 2 is 2.22 bits per heavy atom. The minimum Gasteiger partial charge on any atom is -0.376 e. The van der Waals surface area contributed by atoms with E-state index in [1.807, 2.05) is 18.3 Å². The van der Waals surface area contributed by atoms with Crippen molar-refractivity contribution in [2.45, 2.75) is 31.9 Å². The van der Waals surface area contributed by atoms with E-state index in [1.165, 1.54) is 17.2 Å². The molecule has 3 heteroatoms. The van der Waals surface area contributed by atoms with Crippen LogP contribution in [0.15, 0.2) is 36.5 Å². The molecule has 0 bridgehead atoms. The van der Waals surface area contributed by atoms with E-state index in [0.717, 1.165) is 18.8 Å². The summed E-state index contributed by atoms with van der Waals surface area (Å²) in [4.78, 5) is 4.45. The summed E-state index contributed by atoms with van der Waals surface area (Å²) in [5, 5.41) is 5.88. The zero-order valence-electron chi connectivity index (χ0n) is 10.6. The van der Waals surface area contributed by atoms with Crippen molar-refractivity contribution in [1.82, 2.24) is 4.98 Å². The maximum atomic E-state index is 5.71. The molecule has 2 atom stereocenters. The molecule has 1 saturated heterocycles. The average molecular weight is 242 g/mol. The molecule has 2 unspecified atom stereocenters. The van der Waals surface area contributed by atoms with Gasteiger partial charge in [-0.3, -0.25) is 0 Å². The Hall–Kier alpha value is -1.61. The van der Waals surface area contributed by atoms with Crippen LogP contribution in [0.4, 0.5) is 5.82 Å². The molecule has 1 aliphatic rings. The summed E-state index contributed by atoms with van der Waals surface area (Å²) in [6.07, 6.45) is 4.47. The van der Waals surface area contributed by atoms with Crippen LogP contribution >= 0.6 is 0 Å². The van der Waals surface area contributed by atoms with Gasteiger partial charge in [-0.15, -0.1) is 0 Å². The number of aromatic nitrogens is 1. The van der Waals surface area contributed by atoms with Crippen LogP contribution < -0.4 is 5.32 Å². The van der Waals surface area contributed by atoms with Crippen LogP contribution in [0.3, 0.4) is 0 Å². The lowest BCUT2D eigenvalue weighted by Gasteiger charge is -2.21. The monoisotopic (exact) mass is 242 g/mol. The summed E-state index contributed by atoms with van der Waals surface area (Å²) in [6, 6.07) is 10.6. The van der Waals surface area contributed by atoms with E-state index >= 15 is 0 Å². The number of anilines is 1. The highest BCUT2D eigenvalue weighted by molar-refractivity contribution is 5.91. The Kier molecular flexibility index (Phi) is 3.15. The molecular weight excluding hydrogens is 224 g/mol. The summed E-state index contributed by atoms with van der Waals surface area (Å²) in [5.41, 5.74) is 0. The maximum absolute atomic E-state index is 5.71. The molecular formula is C15H18N2O. The number of hydrogen-bond acceptors (Lipinski definition) is 3. The molecule has 0 saturated carbocycles. The van der Waals surface area contributed by atoms with Crippen LogP contribution in [0.1, 0.15) is 19.8 Å². The van der Waals surface area contributed by atoms with Crippen molar-refractivity contribution >= 4 is 16.6 Å². The van der Waals surface area contributed by atoms with Crippen LogP contribution in [0.25, 0.3) is 10.8 Å². The molecule has 3 nitrogen and oxygen atoms in total. The third kappa shape index (κ3) is 2.18. The fourth-order valence-electron chi connectivity index (χ4n) is 2.54. The molecule has 2 aromatic rings. The van der Waals surface area contributed by atoms with Gasteiger partial charge >= 0.3 is 0 Å². The zero-order valence-corrected chi connectivity index (χ0v) is 10.6. The van der Waals surface area contributed by atoms with Crippen molar-refractivity contribution in [1.29, 1.82) is 0 Å². The van der Waals surface area contributed by atoms with Gasteiger partial charge in [0.2, 0.25) is 0 Å². The molecule has 1 fully saturated rings. The van der Waals surface area contributed by atoms with Gasteiger partial charge in [-0.25, -0.2) is 4.98 Å². The topological polar surface area (TPSA) is 34.2 Å². The molecule has 1 aromatic carbocycles. The summed E-state index contributed by atoms with van der Waals surface area (Å²) >= 11 is 0. The second kappa shape index (κ2) is 4.94. The normalized spacial score (nSPS) is 21.1. The third-order valence-corrected chi connectivity index (χ3v) is 3.56. The van der Waals surface area contributed by atoms with Gasteiger partial charge in [0.15, 0.2) is 0 Å². The molecule has 2 heterocycles. The van der Waals surface area contributed by atoms with Gasteiger partial charge in [-0.05, 0) is 31.2 Å². The SMILES string of the molecule is CC(Nc1nccc2ccccc12)C1CCCO1. The molecule has 0 amide bonds. The summed E-state index contributed by atoms with van der Waals surface area (Å²) < 4.78 is 5.71. The second-order valence-electron chi connectivity index (χ2n) is 4.87. The van der Waals surface area contributed by atoms with Gasteiger partial charge in [0, 0.05) is 18.2 Å². The van der Waals surface area contributed by atoms with E-state index in [2.05, 4.69) is 35.4 Å². The highest BCUT2D eigenvalue weighted by atomic mass is 16.5. The first-order valence-electron chi connectivity index (χ1n) is 6.56. The van der Waals surface area contributed by atoms with Crippen molar-refractivity contribution in [3.05, 3.63) is 36.5 Å². The molecule has 1 aromatic heterocycles. The summed E-state index contributed by atoms with van der Waals surface area (Å²) in [7, 11) is 0. The van der Waals surface area contributed by atoms with Gasteiger partial charge in [0.25, 0.3) is 0 Å². The highest BCUT2D eigenvalue weighted by Crippen LogP contribution is 2.23. The highest BCUT2D eigenvalue weighted by Gasteiger charge is 2.22. The van der Waals surface area contributed by atoms with Crippen LogP contribution in [0.5, 0.6) is 0 Å². The number of nitrogens with one attached hydrogen (secondary N) is 1. The number of benzene rings is 1. The fraction of sp³-hybridized carbons (Fsp3) is 0.400. The lowest BCUT2D eigenvalue weighted by Crippen LogP contribution is -2.30. The molecule has 1 aliphatic heterocycles. The minimum absolute atomic E-state index is 0.297. The number of hydrogen-bond donors (Lipinski definition) is 1. The Bertz CT molecular complexity index is 530. The number of ether oxygens (including phenoxy) is 1. The van der Waals surface area contributed by atoms with Gasteiger partial charge in [-0.1, -0.05) is 24.3 Å². The Morgan fingerprint density at radius 1 is 1.33 bits per heavy atom. The number of nitrogens with zero attached hydrogens (tertiary/aromatic N) is 1. The second-order valence-corrected chi connectivity index (χ2v) is 4.87. The molecule has 18 heavy (non-hydrogen) atoms. The number of fused-ring (bicyclic) bond motifs is 1. The first-order valence-corrected chi connectivity index (χ1v) is 6.56. The fourth-order valence-corrected chi connectivity index (χ4v) is 2.54. The summed E-state index contributed by atoms with van der Waals surface area (Å²) in [6.45, 7) is 3.05. The lowest BCUT2D eigenvalue weighted by molar-refractivity contribution is 0.0996. The first kappa shape index (κ1) is 11.5. The minimum atomic E-state index is 0.297. The number of rotatable bonds is 3. The lowest BCUT2D eigenvalue weighted by atomic mass is 10.1. The van der Waals surface area contributed by atoms with E-state index in [9.17, 15) is 0 Å². The van der Waals surface area contributed by atoms with Gasteiger partial charge in [-0.2, -0.15) is 0 Å². The van der Waals surface area contributed by atoms with Crippen LogP contribution in [-0.4, -0.2) is 23.7 Å². The molecule has 3 rings (SSSR count). The van der Waals surface area contributed by atoms with E-state index in [-0.39, 0.29) is 0 Å². The van der Waals surface area contributed by atoms with Crippen molar-refractivity contribution in [2.24, 2.45) is 0 Å². The van der Waals surface area contributed by atoms with Gasteiger partial charge in [0.05, 0.1) is 12.1 Å². The van der Waals surface area contributed by atoms with Crippen LogP contribution in [0.2, 0.25) is 0 Å². The van der Waals surface area contributed by atoms with Gasteiger partial charge < -0.3 is 10.1 Å². The Labute approximate surface area is 107 Å². The standard InChI is InChI=1S/C15H18N2O/c1-11(14-7-4-10-18-14)17-15-13-6-3-2-5-12(13)8-9-16-15/h2-3,5-6,8-9,11,14H,4,7,10H2,1H3,(H,16,17). The molecule has 1 N–H and O–H groups in total. The van der Waals surface area contributed by atoms with E-state index in [1.54, 1.807) is 0 Å². The van der Waals surface area contributed by atoms with Crippen LogP contribution in [-0.2, 0) is 4.74 Å². The van der Waals surface area contributed by atoms with Gasteiger partial charge in [0.1, 0.15) is 5.82 Å². The zero-order chi connectivity index (χ0) is 12.4. The predicted molar refractivity (Wildman–Crippen MR) is 73.8 cm³/mol. The molecule has 0 spiro atoms. The van der Waals surface area contributed by atoms with Crippen molar-refractivity contribution in [2.75, 3.05) is 11.9 Å². The molecule has 0 radical (unpaired) electrons. The molecule has 0 aliphatic carbocycles. The molecule has 94 valence electrons. The Morgan fingerprint density at radius 3 is 3.06 bits per heavy atom. The van der Waals surface area contributed by atoms with E-state index in [4.69, 9.17) is 4.74 Å². The first-order chi connectivity index (χ1) is 8.84. The number of pyridine rings is 1. The quantitative estimate of drug-likeness (QED) is 0.897. The Balaban J connectivity index is 1.85. The largest absolute Gasteiger partial charge is 0.376 e. The maximum Gasteiger partial charge on any atom is 0.134 e. The van der Waals surface area contributed by atoms with Crippen molar-refractivity contribution in [3.8, 4) is 0 Å². The van der Waals surface area contributed by atoms with E-state index < -0.39 is 0 Å². The smallest absolute Gasteiger partial charge is 0.134 e. The van der Waals surface area contributed by atoms with Crippen molar-refractivity contribution < 1.29 is 4.74 Å². The van der Waals surface area contributed by atoms with Crippen LogP contribution in [0, 0.1) is 0 Å². The van der Waals surface area contributed by atoms with E-state index in [0.29, 0.717) is 12.1 Å². The summed E-state index contributed by atoms with van der Waals surface area (Å²) in [5.74, 6) is 0.955.